The van der Waals surface area contributed by atoms with Crippen LogP contribution in [0, 0.1) is 35.5 Å². The zero-order chi connectivity index (χ0) is 21.1. The fourth-order valence-electron chi connectivity index (χ4n) is 5.39. The molecule has 1 aliphatic rings. The highest BCUT2D eigenvalue weighted by Gasteiger charge is 2.41. The first-order chi connectivity index (χ1) is 13.3. The first kappa shape index (κ1) is 25.5. The van der Waals surface area contributed by atoms with Crippen molar-refractivity contribution in [1.29, 1.82) is 0 Å². The van der Waals surface area contributed by atoms with E-state index in [1.807, 2.05) is 0 Å². The Morgan fingerprint density at radius 3 is 2.25 bits per heavy atom. The lowest BCUT2D eigenvalue weighted by Gasteiger charge is -2.46. The van der Waals surface area contributed by atoms with E-state index in [-0.39, 0.29) is 6.10 Å². The minimum Gasteiger partial charge on any atom is -0.481 e. The van der Waals surface area contributed by atoms with Gasteiger partial charge < -0.3 is 10.2 Å². The number of aliphatic hydroxyl groups is 1. The molecule has 3 nitrogen and oxygen atoms in total. The first-order valence-electron chi connectivity index (χ1n) is 12.2. The number of carboxylic acids is 1. The molecule has 0 radical (unpaired) electrons. The summed E-state index contributed by atoms with van der Waals surface area (Å²) in [6.45, 7) is 11.5. The Bertz CT molecular complexity index is 420. The van der Waals surface area contributed by atoms with Gasteiger partial charge in [0, 0.05) is 6.42 Å². The summed E-state index contributed by atoms with van der Waals surface area (Å²) in [5.41, 5.74) is 0. The van der Waals surface area contributed by atoms with E-state index < -0.39 is 5.97 Å². The van der Waals surface area contributed by atoms with Crippen molar-refractivity contribution in [2.45, 2.75) is 118 Å². The molecular weight excluding hydrogens is 348 g/mol. The number of carboxylic acid groups (broad SMARTS) is 1. The van der Waals surface area contributed by atoms with Crippen LogP contribution in [0.5, 0.6) is 0 Å². The molecule has 0 aromatic rings. The normalized spacial score (nSPS) is 29.2. The standard InChI is InChI=1S/C25H48O3/c1-6-7-8-11-21-17-24(26)20(5)22(23(21)15-13-18(2)3)16-14-19(4)10-9-12-25(27)28/h18-24,26H,6-17H2,1-5H3,(H,27,28). The number of unbranched alkanes of at least 4 members (excludes halogenated alkanes) is 2. The van der Waals surface area contributed by atoms with Gasteiger partial charge in [0.1, 0.15) is 0 Å². The van der Waals surface area contributed by atoms with E-state index in [0.717, 1.165) is 31.1 Å². The SMILES string of the molecule is CCCCCC1CC(O)C(C)C(CCC(C)CCCC(=O)O)C1CCC(C)C. The van der Waals surface area contributed by atoms with Gasteiger partial charge in [0.05, 0.1) is 6.10 Å². The molecule has 3 heteroatoms. The molecule has 166 valence electrons. The van der Waals surface area contributed by atoms with Gasteiger partial charge in [-0.2, -0.15) is 0 Å². The predicted octanol–water partition coefficient (Wildman–Crippen LogP) is 6.92. The molecule has 0 aromatic heterocycles. The van der Waals surface area contributed by atoms with Gasteiger partial charge in [-0.05, 0) is 61.2 Å². The van der Waals surface area contributed by atoms with Crippen LogP contribution in [0.25, 0.3) is 0 Å². The topological polar surface area (TPSA) is 57.5 Å². The second kappa shape index (κ2) is 13.6. The van der Waals surface area contributed by atoms with Crippen molar-refractivity contribution < 1.29 is 15.0 Å². The van der Waals surface area contributed by atoms with Crippen molar-refractivity contribution >= 4 is 5.97 Å². The molecule has 2 N–H and O–H groups in total. The Balaban J connectivity index is 2.71. The molecular formula is C25H48O3. The van der Waals surface area contributed by atoms with Crippen LogP contribution < -0.4 is 0 Å². The van der Waals surface area contributed by atoms with Crippen LogP contribution in [0.1, 0.15) is 112 Å². The largest absolute Gasteiger partial charge is 0.481 e. The Morgan fingerprint density at radius 1 is 0.964 bits per heavy atom. The molecule has 6 atom stereocenters. The molecule has 0 amide bonds. The summed E-state index contributed by atoms with van der Waals surface area (Å²) in [6, 6.07) is 0. The number of hydrogen-bond donors (Lipinski definition) is 2. The summed E-state index contributed by atoms with van der Waals surface area (Å²) in [5.74, 6) is 3.10. The van der Waals surface area contributed by atoms with E-state index in [1.165, 1.54) is 51.4 Å². The van der Waals surface area contributed by atoms with Gasteiger partial charge in [-0.15, -0.1) is 0 Å². The van der Waals surface area contributed by atoms with Crippen LogP contribution in [-0.2, 0) is 4.79 Å². The highest BCUT2D eigenvalue weighted by Crippen LogP contribution is 2.46. The van der Waals surface area contributed by atoms with E-state index in [0.29, 0.717) is 30.1 Å². The molecule has 0 aromatic carbocycles. The molecule has 0 spiro atoms. The van der Waals surface area contributed by atoms with Gasteiger partial charge in [-0.3, -0.25) is 4.79 Å². The number of carbonyl (C=O) groups is 1. The summed E-state index contributed by atoms with van der Waals surface area (Å²) in [5, 5.41) is 19.6. The van der Waals surface area contributed by atoms with Crippen molar-refractivity contribution in [3.05, 3.63) is 0 Å². The molecule has 0 aliphatic heterocycles. The molecule has 1 fully saturated rings. The Labute approximate surface area is 174 Å². The lowest BCUT2D eigenvalue weighted by Crippen LogP contribution is -2.42. The lowest BCUT2D eigenvalue weighted by molar-refractivity contribution is -0.137. The molecule has 0 saturated heterocycles. The van der Waals surface area contributed by atoms with Crippen LogP contribution in [0.3, 0.4) is 0 Å². The van der Waals surface area contributed by atoms with Crippen molar-refractivity contribution in [3.8, 4) is 0 Å². The number of hydrogen-bond acceptors (Lipinski definition) is 2. The molecule has 1 rings (SSSR count). The predicted molar refractivity (Wildman–Crippen MR) is 118 cm³/mol. The maximum absolute atomic E-state index is 10.8. The minimum atomic E-state index is -0.681. The van der Waals surface area contributed by atoms with Gasteiger partial charge in [0.2, 0.25) is 0 Å². The average Bonchev–Trinajstić information content (AvgIpc) is 2.62. The second-order valence-electron chi connectivity index (χ2n) is 10.2. The fourth-order valence-corrected chi connectivity index (χ4v) is 5.39. The minimum absolute atomic E-state index is 0.144. The molecule has 0 heterocycles. The molecule has 1 aliphatic carbocycles. The summed E-state index contributed by atoms with van der Waals surface area (Å²) >= 11 is 0. The van der Waals surface area contributed by atoms with E-state index in [4.69, 9.17) is 5.11 Å². The van der Waals surface area contributed by atoms with Gasteiger partial charge in [0.25, 0.3) is 0 Å². The van der Waals surface area contributed by atoms with E-state index in [2.05, 4.69) is 34.6 Å². The fraction of sp³-hybridized carbons (Fsp3) is 0.960. The van der Waals surface area contributed by atoms with Gasteiger partial charge in [0.15, 0.2) is 0 Å². The summed E-state index contributed by atoms with van der Waals surface area (Å²) < 4.78 is 0. The van der Waals surface area contributed by atoms with E-state index in [9.17, 15) is 9.90 Å². The van der Waals surface area contributed by atoms with Crippen LogP contribution in [0.4, 0.5) is 0 Å². The Kier molecular flexibility index (Phi) is 12.4. The molecule has 6 unspecified atom stereocenters. The third-order valence-electron chi connectivity index (χ3n) is 7.32. The summed E-state index contributed by atoms with van der Waals surface area (Å²) in [7, 11) is 0. The van der Waals surface area contributed by atoms with E-state index >= 15 is 0 Å². The van der Waals surface area contributed by atoms with Crippen molar-refractivity contribution in [1.82, 2.24) is 0 Å². The van der Waals surface area contributed by atoms with Gasteiger partial charge in [-0.1, -0.05) is 79.6 Å². The third-order valence-corrected chi connectivity index (χ3v) is 7.32. The average molecular weight is 397 g/mol. The molecule has 28 heavy (non-hydrogen) atoms. The molecule has 1 saturated carbocycles. The Morgan fingerprint density at radius 2 is 1.64 bits per heavy atom. The monoisotopic (exact) mass is 396 g/mol. The van der Waals surface area contributed by atoms with Crippen LogP contribution >= 0.6 is 0 Å². The smallest absolute Gasteiger partial charge is 0.303 e. The first-order valence-corrected chi connectivity index (χ1v) is 12.2. The third kappa shape index (κ3) is 9.29. The highest BCUT2D eigenvalue weighted by molar-refractivity contribution is 5.66. The summed E-state index contributed by atoms with van der Waals surface area (Å²) in [4.78, 5) is 10.8. The Hall–Kier alpha value is -0.570. The number of aliphatic hydroxyl groups excluding tert-OH is 1. The highest BCUT2D eigenvalue weighted by atomic mass is 16.4. The van der Waals surface area contributed by atoms with Crippen LogP contribution in [0.15, 0.2) is 0 Å². The summed E-state index contributed by atoms with van der Waals surface area (Å²) in [6.07, 6.45) is 13.1. The van der Waals surface area contributed by atoms with E-state index in [1.54, 1.807) is 0 Å². The molecule has 0 bridgehead atoms. The van der Waals surface area contributed by atoms with Gasteiger partial charge in [-0.25, -0.2) is 0 Å². The number of aliphatic carboxylic acids is 1. The number of rotatable bonds is 14. The van der Waals surface area contributed by atoms with Crippen LogP contribution in [0.2, 0.25) is 0 Å². The zero-order valence-electron chi connectivity index (χ0n) is 19.3. The van der Waals surface area contributed by atoms with Crippen molar-refractivity contribution in [2.24, 2.45) is 35.5 Å². The van der Waals surface area contributed by atoms with Gasteiger partial charge >= 0.3 is 5.97 Å². The van der Waals surface area contributed by atoms with Crippen LogP contribution in [-0.4, -0.2) is 22.3 Å². The maximum Gasteiger partial charge on any atom is 0.303 e. The quantitative estimate of drug-likeness (QED) is 0.313. The maximum atomic E-state index is 10.8. The zero-order valence-corrected chi connectivity index (χ0v) is 19.3. The van der Waals surface area contributed by atoms with Crippen molar-refractivity contribution in [2.75, 3.05) is 0 Å². The van der Waals surface area contributed by atoms with Crippen molar-refractivity contribution in [3.63, 3.8) is 0 Å². The second-order valence-corrected chi connectivity index (χ2v) is 10.2. The lowest BCUT2D eigenvalue weighted by atomic mass is 9.61.